The van der Waals surface area contributed by atoms with Gasteiger partial charge in [0.25, 0.3) is 0 Å². The van der Waals surface area contributed by atoms with Gasteiger partial charge in [-0.15, -0.1) is 11.8 Å². The van der Waals surface area contributed by atoms with E-state index in [0.717, 1.165) is 16.7 Å². The topological polar surface area (TPSA) is 17.1 Å². The van der Waals surface area contributed by atoms with Crippen LogP contribution in [0, 0.1) is 0 Å². The fourth-order valence-electron chi connectivity index (χ4n) is 0.715. The Kier molecular flexibility index (Phi) is 5.63. The van der Waals surface area contributed by atoms with E-state index in [1.54, 1.807) is 17.8 Å². The number of thioether (sulfide) groups is 1. The van der Waals surface area contributed by atoms with Gasteiger partial charge in [-0.3, -0.25) is 4.79 Å². The van der Waals surface area contributed by atoms with Crippen LogP contribution in [0.4, 0.5) is 0 Å². The van der Waals surface area contributed by atoms with Crippen molar-refractivity contribution in [2.24, 2.45) is 0 Å². The van der Waals surface area contributed by atoms with Crippen molar-refractivity contribution >= 4 is 41.1 Å². The summed E-state index contributed by atoms with van der Waals surface area (Å²) in [6, 6.07) is 7.54. The highest BCUT2D eigenvalue weighted by Gasteiger charge is 1.90. The summed E-state index contributed by atoms with van der Waals surface area (Å²) in [6.07, 6.45) is 2.85. The first-order chi connectivity index (χ1) is 4.86. The molecule has 2 radical (unpaired) electrons. The van der Waals surface area contributed by atoms with E-state index < -0.39 is 0 Å². The number of carbonyl (C=O) groups is 1. The number of carbonyl (C=O) groups excluding carboxylic acids is 1. The summed E-state index contributed by atoms with van der Waals surface area (Å²) in [4.78, 5) is 11.4. The Morgan fingerprint density at radius 3 is 2.73 bits per heavy atom. The molecule has 0 N–H and O–H groups in total. The van der Waals surface area contributed by atoms with E-state index >= 15 is 0 Å². The lowest BCUT2D eigenvalue weighted by molar-refractivity contribution is 0.112. The van der Waals surface area contributed by atoms with Crippen molar-refractivity contribution in [3.63, 3.8) is 0 Å². The molecule has 0 aliphatic rings. The van der Waals surface area contributed by atoms with Gasteiger partial charge in [-0.1, -0.05) is 12.1 Å². The van der Waals surface area contributed by atoms with Crippen molar-refractivity contribution in [3.05, 3.63) is 29.8 Å². The molecule has 0 atom stereocenters. The first-order valence-corrected chi connectivity index (χ1v) is 4.18. The molecular formula is C8H8MgOS. The van der Waals surface area contributed by atoms with E-state index in [4.69, 9.17) is 0 Å². The Morgan fingerprint density at radius 2 is 2.18 bits per heavy atom. The third-order valence-electron chi connectivity index (χ3n) is 1.23. The van der Waals surface area contributed by atoms with Gasteiger partial charge in [0.1, 0.15) is 6.29 Å². The van der Waals surface area contributed by atoms with Crippen molar-refractivity contribution in [2.45, 2.75) is 4.90 Å². The lowest BCUT2D eigenvalue weighted by Crippen LogP contribution is -1.77. The number of hydrogen-bond donors (Lipinski definition) is 0. The van der Waals surface area contributed by atoms with Crippen LogP contribution >= 0.6 is 11.8 Å². The molecule has 1 nitrogen and oxygen atoms in total. The van der Waals surface area contributed by atoms with Gasteiger partial charge < -0.3 is 0 Å². The molecule has 0 aromatic heterocycles. The smallest absolute Gasteiger partial charge is 0.150 e. The minimum absolute atomic E-state index is 0. The Labute approximate surface area is 86.7 Å². The number of aldehydes is 1. The molecule has 0 unspecified atom stereocenters. The summed E-state index contributed by atoms with van der Waals surface area (Å²) in [5, 5.41) is 0. The second-order valence-electron chi connectivity index (χ2n) is 1.89. The Bertz CT molecular complexity index is 237. The van der Waals surface area contributed by atoms with Crippen molar-refractivity contribution in [1.82, 2.24) is 0 Å². The van der Waals surface area contributed by atoms with E-state index in [9.17, 15) is 4.79 Å². The summed E-state index contributed by atoms with van der Waals surface area (Å²) >= 11 is 1.64. The summed E-state index contributed by atoms with van der Waals surface area (Å²) in [5.41, 5.74) is 0.742. The second kappa shape index (κ2) is 5.63. The summed E-state index contributed by atoms with van der Waals surface area (Å²) in [6.45, 7) is 0. The molecule has 11 heavy (non-hydrogen) atoms. The van der Waals surface area contributed by atoms with Gasteiger partial charge in [0.15, 0.2) is 0 Å². The molecule has 1 aromatic carbocycles. The van der Waals surface area contributed by atoms with Crippen LogP contribution in [0.2, 0.25) is 0 Å². The van der Waals surface area contributed by atoms with E-state index in [-0.39, 0.29) is 23.1 Å². The van der Waals surface area contributed by atoms with Crippen LogP contribution in [0.1, 0.15) is 10.4 Å². The van der Waals surface area contributed by atoms with Crippen molar-refractivity contribution < 1.29 is 4.79 Å². The lowest BCUT2D eigenvalue weighted by atomic mass is 10.2. The first kappa shape index (κ1) is 11.0. The molecule has 0 aliphatic heterocycles. The standard InChI is InChI=1S/C8H8OS.Mg/c1-10-8-4-2-3-7(5-8)6-9;/h2-6H,1H3;. The third kappa shape index (κ3) is 3.27. The van der Waals surface area contributed by atoms with Crippen molar-refractivity contribution in [3.8, 4) is 0 Å². The molecule has 54 valence electrons. The Balaban J connectivity index is 0.000001000. The normalized spacial score (nSPS) is 8.45. The molecule has 3 heteroatoms. The molecule has 0 aliphatic carbocycles. The van der Waals surface area contributed by atoms with Crippen LogP contribution in [0.15, 0.2) is 29.2 Å². The van der Waals surface area contributed by atoms with Crippen LogP contribution in [-0.2, 0) is 0 Å². The van der Waals surface area contributed by atoms with Crippen LogP contribution in [0.25, 0.3) is 0 Å². The molecule has 1 rings (SSSR count). The average Bonchev–Trinajstić information content (AvgIpc) is 2.05. The van der Waals surface area contributed by atoms with E-state index in [1.807, 2.05) is 24.5 Å². The minimum atomic E-state index is 0. The van der Waals surface area contributed by atoms with Crippen LogP contribution in [0.3, 0.4) is 0 Å². The predicted octanol–water partition coefficient (Wildman–Crippen LogP) is 1.84. The van der Waals surface area contributed by atoms with Gasteiger partial charge >= 0.3 is 0 Å². The molecule has 0 amide bonds. The largest absolute Gasteiger partial charge is 0.298 e. The van der Waals surface area contributed by atoms with Crippen LogP contribution in [0.5, 0.6) is 0 Å². The zero-order valence-corrected chi connectivity index (χ0v) is 8.64. The van der Waals surface area contributed by atoms with Crippen LogP contribution in [-0.4, -0.2) is 35.6 Å². The zero-order chi connectivity index (χ0) is 7.40. The monoisotopic (exact) mass is 176 g/mol. The highest BCUT2D eigenvalue weighted by Crippen LogP contribution is 2.14. The fourth-order valence-corrected chi connectivity index (χ4v) is 1.18. The third-order valence-corrected chi connectivity index (χ3v) is 1.96. The van der Waals surface area contributed by atoms with E-state index in [1.165, 1.54) is 0 Å². The molecule has 0 spiro atoms. The maximum Gasteiger partial charge on any atom is 0.150 e. The van der Waals surface area contributed by atoms with Gasteiger partial charge in [0.05, 0.1) is 0 Å². The Hall–Kier alpha value is 0.00623. The van der Waals surface area contributed by atoms with Gasteiger partial charge in [-0.2, -0.15) is 0 Å². The van der Waals surface area contributed by atoms with Crippen molar-refractivity contribution in [2.75, 3.05) is 6.26 Å². The van der Waals surface area contributed by atoms with Gasteiger partial charge in [-0.25, -0.2) is 0 Å². The van der Waals surface area contributed by atoms with Gasteiger partial charge in [0, 0.05) is 33.5 Å². The number of benzene rings is 1. The molecule has 0 heterocycles. The fraction of sp³-hybridized carbons (Fsp3) is 0.125. The maximum absolute atomic E-state index is 10.3. The first-order valence-electron chi connectivity index (χ1n) is 2.96. The van der Waals surface area contributed by atoms with Gasteiger partial charge in [0.2, 0.25) is 0 Å². The quantitative estimate of drug-likeness (QED) is 0.389. The maximum atomic E-state index is 10.3. The van der Waals surface area contributed by atoms with E-state index in [2.05, 4.69) is 0 Å². The predicted molar refractivity (Wildman–Crippen MR) is 49.4 cm³/mol. The van der Waals surface area contributed by atoms with Crippen molar-refractivity contribution in [1.29, 1.82) is 0 Å². The second-order valence-corrected chi connectivity index (χ2v) is 2.77. The molecule has 1 aromatic rings. The summed E-state index contributed by atoms with van der Waals surface area (Å²) in [5.74, 6) is 0. The molecule has 0 fully saturated rings. The SMILES string of the molecule is CSc1cccc(C=O)c1.[Mg]. The molecular weight excluding hydrogens is 168 g/mol. The van der Waals surface area contributed by atoms with E-state index in [0.29, 0.717) is 0 Å². The minimum Gasteiger partial charge on any atom is -0.298 e. The zero-order valence-electron chi connectivity index (χ0n) is 6.41. The summed E-state index contributed by atoms with van der Waals surface area (Å²) < 4.78 is 0. The summed E-state index contributed by atoms with van der Waals surface area (Å²) in [7, 11) is 0. The lowest BCUT2D eigenvalue weighted by Gasteiger charge is -1.94. The van der Waals surface area contributed by atoms with Gasteiger partial charge in [-0.05, 0) is 18.4 Å². The average molecular weight is 177 g/mol. The molecule has 0 saturated heterocycles. The molecule has 0 bridgehead atoms. The number of rotatable bonds is 2. The number of hydrogen-bond acceptors (Lipinski definition) is 2. The Morgan fingerprint density at radius 1 is 1.45 bits per heavy atom. The highest BCUT2D eigenvalue weighted by atomic mass is 32.2. The molecule has 0 saturated carbocycles. The van der Waals surface area contributed by atoms with Crippen LogP contribution < -0.4 is 0 Å². The highest BCUT2D eigenvalue weighted by molar-refractivity contribution is 7.98.